The number of aromatic nitrogens is 2. The minimum Gasteiger partial charge on any atom is -0.311 e. The number of hydrogen-bond donors (Lipinski definition) is 1. The predicted octanol–water partition coefficient (Wildman–Crippen LogP) is 1.92. The second-order valence-corrected chi connectivity index (χ2v) is 5.39. The molecule has 1 aromatic heterocycles. The second-order valence-electron chi connectivity index (χ2n) is 5.39. The maximum atomic E-state index is 4.26. The van der Waals surface area contributed by atoms with Crippen LogP contribution in [0.2, 0.25) is 0 Å². The molecule has 1 saturated heterocycles. The molecular formula is C15H26N4. The van der Waals surface area contributed by atoms with Gasteiger partial charge in [0.15, 0.2) is 0 Å². The molecule has 1 aromatic rings. The number of likely N-dealkylation sites (tertiary alicyclic amines) is 1. The average Bonchev–Trinajstić information content (AvgIpc) is 2.45. The van der Waals surface area contributed by atoms with Crippen molar-refractivity contribution < 1.29 is 0 Å². The van der Waals surface area contributed by atoms with Crippen molar-refractivity contribution in [2.75, 3.05) is 26.2 Å². The molecule has 1 aliphatic heterocycles. The van der Waals surface area contributed by atoms with E-state index in [2.05, 4.69) is 33.4 Å². The summed E-state index contributed by atoms with van der Waals surface area (Å²) in [7, 11) is 0. The van der Waals surface area contributed by atoms with E-state index in [4.69, 9.17) is 0 Å². The van der Waals surface area contributed by atoms with Crippen LogP contribution in [0.5, 0.6) is 0 Å². The van der Waals surface area contributed by atoms with E-state index >= 15 is 0 Å². The summed E-state index contributed by atoms with van der Waals surface area (Å²) in [6.45, 7) is 9.83. The Labute approximate surface area is 116 Å². The Balaban J connectivity index is 1.74. The van der Waals surface area contributed by atoms with Gasteiger partial charge in [0.05, 0.1) is 11.4 Å². The van der Waals surface area contributed by atoms with Gasteiger partial charge in [-0.15, -0.1) is 0 Å². The number of nitrogens with zero attached hydrogens (tertiary/aromatic N) is 3. The third-order valence-corrected chi connectivity index (χ3v) is 3.79. The Bertz CT molecular complexity index is 386. The van der Waals surface area contributed by atoms with Gasteiger partial charge in [-0.1, -0.05) is 13.3 Å². The van der Waals surface area contributed by atoms with Gasteiger partial charge in [0.25, 0.3) is 0 Å². The van der Waals surface area contributed by atoms with E-state index < -0.39 is 0 Å². The summed E-state index contributed by atoms with van der Waals surface area (Å²) < 4.78 is 0. The summed E-state index contributed by atoms with van der Waals surface area (Å²) in [5, 5.41) is 11.9. The summed E-state index contributed by atoms with van der Waals surface area (Å²) in [6, 6.07) is 2.15. The van der Waals surface area contributed by atoms with Crippen LogP contribution in [0.1, 0.15) is 43.1 Å². The molecule has 0 atom stereocenters. The highest BCUT2D eigenvalue weighted by atomic mass is 15.1. The number of rotatable bonds is 6. The molecule has 0 amide bonds. The minimum absolute atomic E-state index is 0.910. The maximum Gasteiger partial charge on any atom is 0.0673 e. The first-order valence-electron chi connectivity index (χ1n) is 7.54. The van der Waals surface area contributed by atoms with Gasteiger partial charge in [-0.05, 0) is 50.9 Å². The fourth-order valence-electron chi connectivity index (χ4n) is 2.66. The third kappa shape index (κ3) is 4.55. The molecule has 1 fully saturated rings. The molecule has 0 radical (unpaired) electrons. The molecular weight excluding hydrogens is 236 g/mol. The van der Waals surface area contributed by atoms with Crippen molar-refractivity contribution in [2.24, 2.45) is 0 Å². The van der Waals surface area contributed by atoms with Gasteiger partial charge in [0.1, 0.15) is 0 Å². The Morgan fingerprint density at radius 2 is 2.00 bits per heavy atom. The first kappa shape index (κ1) is 14.4. The summed E-state index contributed by atoms with van der Waals surface area (Å²) in [4.78, 5) is 2.56. The molecule has 0 bridgehead atoms. The fraction of sp³-hybridized carbons (Fsp3) is 0.733. The zero-order valence-corrected chi connectivity index (χ0v) is 12.3. The fourth-order valence-corrected chi connectivity index (χ4v) is 2.66. The number of aryl methyl sites for hydroxylation is 2. The molecule has 0 aliphatic carbocycles. The van der Waals surface area contributed by atoms with E-state index in [0.29, 0.717) is 0 Å². The quantitative estimate of drug-likeness (QED) is 0.795. The Kier molecular flexibility index (Phi) is 5.73. The molecule has 2 heterocycles. The van der Waals surface area contributed by atoms with Gasteiger partial charge >= 0.3 is 0 Å². The average molecular weight is 262 g/mol. The molecule has 2 rings (SSSR count). The minimum atomic E-state index is 0.910. The Morgan fingerprint density at radius 3 is 2.74 bits per heavy atom. The molecule has 106 valence electrons. The van der Waals surface area contributed by atoms with Crippen molar-refractivity contribution in [3.8, 4) is 0 Å². The van der Waals surface area contributed by atoms with Gasteiger partial charge in [0.2, 0.25) is 0 Å². The largest absolute Gasteiger partial charge is 0.311 e. The molecule has 0 aromatic carbocycles. The van der Waals surface area contributed by atoms with E-state index in [1.54, 1.807) is 0 Å². The summed E-state index contributed by atoms with van der Waals surface area (Å²) in [5.74, 6) is 0. The Morgan fingerprint density at radius 1 is 1.21 bits per heavy atom. The van der Waals surface area contributed by atoms with Gasteiger partial charge in [0, 0.05) is 19.6 Å². The van der Waals surface area contributed by atoms with Crippen LogP contribution in [0.15, 0.2) is 6.07 Å². The first-order chi connectivity index (χ1) is 9.29. The number of hydrogen-bond acceptors (Lipinski definition) is 4. The van der Waals surface area contributed by atoms with E-state index in [-0.39, 0.29) is 0 Å². The zero-order valence-electron chi connectivity index (χ0n) is 12.3. The van der Waals surface area contributed by atoms with Gasteiger partial charge in [-0.3, -0.25) is 0 Å². The lowest BCUT2D eigenvalue weighted by Crippen LogP contribution is -2.35. The molecule has 1 N–H and O–H groups in total. The van der Waals surface area contributed by atoms with Crippen molar-refractivity contribution in [3.63, 3.8) is 0 Å². The van der Waals surface area contributed by atoms with Gasteiger partial charge in [-0.2, -0.15) is 10.2 Å². The van der Waals surface area contributed by atoms with Crippen molar-refractivity contribution in [3.05, 3.63) is 23.0 Å². The standard InChI is InChI=1S/C15H26N4/c1-3-15-14(11-13(2)17-18-15)12-16-7-10-19-8-5-4-6-9-19/h11,16H,3-10,12H2,1-2H3. The van der Waals surface area contributed by atoms with E-state index in [1.165, 1.54) is 44.5 Å². The van der Waals surface area contributed by atoms with Crippen LogP contribution < -0.4 is 5.32 Å². The van der Waals surface area contributed by atoms with Gasteiger partial charge in [-0.25, -0.2) is 0 Å². The summed E-state index contributed by atoms with van der Waals surface area (Å²) in [6.07, 6.45) is 5.10. The van der Waals surface area contributed by atoms with Crippen LogP contribution in [0.25, 0.3) is 0 Å². The lowest BCUT2D eigenvalue weighted by Gasteiger charge is -2.26. The molecule has 19 heavy (non-hydrogen) atoms. The van der Waals surface area contributed by atoms with E-state index in [0.717, 1.165) is 30.9 Å². The van der Waals surface area contributed by atoms with Crippen molar-refractivity contribution in [1.82, 2.24) is 20.4 Å². The lowest BCUT2D eigenvalue weighted by atomic mass is 10.1. The van der Waals surface area contributed by atoms with Crippen LogP contribution in [0.4, 0.5) is 0 Å². The zero-order chi connectivity index (χ0) is 13.5. The van der Waals surface area contributed by atoms with E-state index in [1.807, 2.05) is 6.92 Å². The number of piperidine rings is 1. The lowest BCUT2D eigenvalue weighted by molar-refractivity contribution is 0.229. The van der Waals surface area contributed by atoms with Crippen LogP contribution in [0, 0.1) is 6.92 Å². The first-order valence-corrected chi connectivity index (χ1v) is 7.54. The van der Waals surface area contributed by atoms with E-state index in [9.17, 15) is 0 Å². The normalized spacial score (nSPS) is 16.7. The smallest absolute Gasteiger partial charge is 0.0673 e. The van der Waals surface area contributed by atoms with Crippen LogP contribution >= 0.6 is 0 Å². The van der Waals surface area contributed by atoms with Crippen molar-refractivity contribution >= 4 is 0 Å². The molecule has 0 unspecified atom stereocenters. The molecule has 4 nitrogen and oxygen atoms in total. The highest BCUT2D eigenvalue weighted by molar-refractivity contribution is 5.20. The SMILES string of the molecule is CCc1nnc(C)cc1CNCCN1CCCCC1. The van der Waals surface area contributed by atoms with Crippen LogP contribution in [0.3, 0.4) is 0 Å². The Hall–Kier alpha value is -1.00. The third-order valence-electron chi connectivity index (χ3n) is 3.79. The molecule has 0 spiro atoms. The topological polar surface area (TPSA) is 41.1 Å². The maximum absolute atomic E-state index is 4.26. The van der Waals surface area contributed by atoms with Crippen molar-refractivity contribution in [2.45, 2.75) is 46.1 Å². The van der Waals surface area contributed by atoms with Crippen LogP contribution in [-0.2, 0) is 13.0 Å². The molecule has 1 aliphatic rings. The highest BCUT2D eigenvalue weighted by Crippen LogP contribution is 2.08. The second kappa shape index (κ2) is 7.56. The van der Waals surface area contributed by atoms with Crippen LogP contribution in [-0.4, -0.2) is 41.3 Å². The number of nitrogens with one attached hydrogen (secondary N) is 1. The monoisotopic (exact) mass is 262 g/mol. The molecule has 0 saturated carbocycles. The summed E-state index contributed by atoms with van der Waals surface area (Å²) >= 11 is 0. The predicted molar refractivity (Wildman–Crippen MR) is 78.1 cm³/mol. The molecule has 4 heteroatoms. The highest BCUT2D eigenvalue weighted by Gasteiger charge is 2.09. The van der Waals surface area contributed by atoms with Gasteiger partial charge < -0.3 is 10.2 Å². The van der Waals surface area contributed by atoms with Crippen molar-refractivity contribution in [1.29, 1.82) is 0 Å². The summed E-state index contributed by atoms with van der Waals surface area (Å²) in [5.41, 5.74) is 3.43.